The molecule has 0 saturated carbocycles. The normalized spacial score (nSPS) is 15.2. The molecule has 2 aromatic heterocycles. The summed E-state index contributed by atoms with van der Waals surface area (Å²) in [5.41, 5.74) is 0. The number of aromatic nitrogens is 5. The Morgan fingerprint density at radius 1 is 1.10 bits per heavy atom. The Bertz CT molecular complexity index is 974. The molecule has 1 aromatic carbocycles. The molecular formula is C19H20ClN7O2. The molecule has 29 heavy (non-hydrogen) atoms. The molecule has 1 saturated heterocycles. The molecule has 0 bridgehead atoms. The van der Waals surface area contributed by atoms with Crippen molar-refractivity contribution < 1.29 is 9.53 Å². The van der Waals surface area contributed by atoms with Crippen molar-refractivity contribution in [3.05, 3.63) is 54.3 Å². The summed E-state index contributed by atoms with van der Waals surface area (Å²) in [6.45, 7) is 4.27. The van der Waals surface area contributed by atoms with E-state index in [1.54, 1.807) is 42.2 Å². The molecule has 1 amide bonds. The zero-order chi connectivity index (χ0) is 20.2. The van der Waals surface area contributed by atoms with Gasteiger partial charge in [0.1, 0.15) is 30.5 Å². The maximum Gasteiger partial charge on any atom is 0.263 e. The average molecular weight is 414 g/mol. The number of rotatable bonds is 5. The highest BCUT2D eigenvalue weighted by molar-refractivity contribution is 6.30. The van der Waals surface area contributed by atoms with Crippen LogP contribution < -0.4 is 9.64 Å². The van der Waals surface area contributed by atoms with Crippen LogP contribution in [0.25, 0.3) is 5.82 Å². The number of halogens is 1. The van der Waals surface area contributed by atoms with Gasteiger partial charge in [0.05, 0.1) is 0 Å². The summed E-state index contributed by atoms with van der Waals surface area (Å²) in [7, 11) is 0. The summed E-state index contributed by atoms with van der Waals surface area (Å²) in [6, 6.07) is 8.90. The molecule has 0 spiro atoms. The monoisotopic (exact) mass is 413 g/mol. The van der Waals surface area contributed by atoms with Gasteiger partial charge in [0, 0.05) is 37.3 Å². The van der Waals surface area contributed by atoms with E-state index in [-0.39, 0.29) is 5.91 Å². The van der Waals surface area contributed by atoms with Gasteiger partial charge in [0.15, 0.2) is 11.9 Å². The Morgan fingerprint density at radius 2 is 1.90 bits per heavy atom. The zero-order valence-corrected chi connectivity index (χ0v) is 16.6. The summed E-state index contributed by atoms with van der Waals surface area (Å²) < 4.78 is 7.34. The average Bonchev–Trinajstić information content (AvgIpc) is 3.28. The van der Waals surface area contributed by atoms with E-state index in [1.165, 1.54) is 12.7 Å². The van der Waals surface area contributed by atoms with Crippen molar-refractivity contribution in [1.82, 2.24) is 29.6 Å². The zero-order valence-electron chi connectivity index (χ0n) is 15.8. The number of nitrogens with zero attached hydrogens (tertiary/aromatic N) is 7. The van der Waals surface area contributed by atoms with E-state index in [1.807, 2.05) is 11.0 Å². The first-order valence-corrected chi connectivity index (χ1v) is 9.61. The molecule has 0 aliphatic carbocycles. The van der Waals surface area contributed by atoms with Gasteiger partial charge in [-0.05, 0) is 25.1 Å². The van der Waals surface area contributed by atoms with E-state index < -0.39 is 6.10 Å². The van der Waals surface area contributed by atoms with Gasteiger partial charge < -0.3 is 14.5 Å². The number of amides is 1. The number of carbonyl (C=O) groups excluding carboxylic acids is 1. The van der Waals surface area contributed by atoms with Crippen LogP contribution in [0.2, 0.25) is 5.02 Å². The van der Waals surface area contributed by atoms with E-state index in [2.05, 4.69) is 25.0 Å². The number of hydrogen-bond donors (Lipinski definition) is 0. The van der Waals surface area contributed by atoms with Crippen LogP contribution in [0.3, 0.4) is 0 Å². The standard InChI is InChI=1S/C19H20ClN7O2/c1-14(29-16-4-2-3-15(20)9-16)19(28)26-7-5-25(6-8-26)17-10-18(23-12-22-17)27-13-21-11-24-27/h2-4,9-14H,5-8H2,1H3. The second-order valence-corrected chi connectivity index (χ2v) is 7.04. The first kappa shape index (κ1) is 19.1. The van der Waals surface area contributed by atoms with Crippen LogP contribution >= 0.6 is 11.6 Å². The van der Waals surface area contributed by atoms with Crippen molar-refractivity contribution in [3.8, 4) is 11.6 Å². The predicted molar refractivity (Wildman–Crippen MR) is 107 cm³/mol. The number of piperazine rings is 1. The molecule has 1 aliphatic heterocycles. The van der Waals surface area contributed by atoms with Gasteiger partial charge >= 0.3 is 0 Å². The molecule has 1 unspecified atom stereocenters. The highest BCUT2D eigenvalue weighted by atomic mass is 35.5. The third-order valence-electron chi connectivity index (χ3n) is 4.66. The quantitative estimate of drug-likeness (QED) is 0.630. The number of carbonyl (C=O) groups is 1. The summed E-state index contributed by atoms with van der Waals surface area (Å²) in [5, 5.41) is 4.66. The van der Waals surface area contributed by atoms with Crippen molar-refractivity contribution in [2.45, 2.75) is 13.0 Å². The Hall–Kier alpha value is -3.20. The predicted octanol–water partition coefficient (Wildman–Crippen LogP) is 1.83. The van der Waals surface area contributed by atoms with Crippen LogP contribution in [-0.2, 0) is 4.79 Å². The fraction of sp³-hybridized carbons (Fsp3) is 0.316. The molecule has 0 N–H and O–H groups in total. The fourth-order valence-electron chi connectivity index (χ4n) is 3.17. The minimum atomic E-state index is -0.585. The number of ether oxygens (including phenoxy) is 1. The molecule has 3 aromatic rings. The maximum atomic E-state index is 12.7. The molecule has 1 aliphatic rings. The van der Waals surface area contributed by atoms with E-state index in [9.17, 15) is 4.79 Å². The minimum Gasteiger partial charge on any atom is -0.481 e. The van der Waals surface area contributed by atoms with Crippen LogP contribution in [0.4, 0.5) is 5.82 Å². The van der Waals surface area contributed by atoms with Crippen LogP contribution in [-0.4, -0.2) is 67.8 Å². The summed E-state index contributed by atoms with van der Waals surface area (Å²) in [6.07, 6.45) is 3.96. The lowest BCUT2D eigenvalue weighted by molar-refractivity contribution is -0.138. The fourth-order valence-corrected chi connectivity index (χ4v) is 3.35. The molecule has 9 nitrogen and oxygen atoms in total. The first-order valence-electron chi connectivity index (χ1n) is 9.23. The number of hydrogen-bond acceptors (Lipinski definition) is 7. The van der Waals surface area contributed by atoms with Gasteiger partial charge in [-0.25, -0.2) is 19.6 Å². The van der Waals surface area contributed by atoms with Gasteiger partial charge in [-0.2, -0.15) is 5.10 Å². The van der Waals surface area contributed by atoms with Crippen molar-refractivity contribution in [2.24, 2.45) is 0 Å². The minimum absolute atomic E-state index is 0.0457. The molecule has 1 atom stereocenters. The number of anilines is 1. The molecule has 4 rings (SSSR count). The smallest absolute Gasteiger partial charge is 0.263 e. The van der Waals surface area contributed by atoms with E-state index in [0.717, 1.165) is 5.82 Å². The van der Waals surface area contributed by atoms with Crippen LogP contribution in [0.1, 0.15) is 6.92 Å². The molecular weight excluding hydrogens is 394 g/mol. The Labute approximate surface area is 172 Å². The van der Waals surface area contributed by atoms with Crippen molar-refractivity contribution in [2.75, 3.05) is 31.1 Å². The van der Waals surface area contributed by atoms with Gasteiger partial charge in [-0.1, -0.05) is 17.7 Å². The lowest BCUT2D eigenvalue weighted by Gasteiger charge is -2.36. The second-order valence-electron chi connectivity index (χ2n) is 6.60. The van der Waals surface area contributed by atoms with Gasteiger partial charge in [-0.3, -0.25) is 4.79 Å². The van der Waals surface area contributed by atoms with Gasteiger partial charge in [0.25, 0.3) is 5.91 Å². The number of benzene rings is 1. The van der Waals surface area contributed by atoms with Crippen LogP contribution in [0, 0.1) is 0 Å². The molecule has 3 heterocycles. The van der Waals surface area contributed by atoms with Gasteiger partial charge in [-0.15, -0.1) is 0 Å². The van der Waals surface area contributed by atoms with E-state index in [0.29, 0.717) is 42.8 Å². The third-order valence-corrected chi connectivity index (χ3v) is 4.90. The van der Waals surface area contributed by atoms with Gasteiger partial charge in [0.2, 0.25) is 0 Å². The molecule has 1 fully saturated rings. The third kappa shape index (κ3) is 4.45. The second kappa shape index (κ2) is 8.44. The molecule has 150 valence electrons. The SMILES string of the molecule is CC(Oc1cccc(Cl)c1)C(=O)N1CCN(c2cc(-n3cncn3)ncn2)CC1. The lowest BCUT2D eigenvalue weighted by atomic mass is 10.2. The Kier molecular flexibility index (Phi) is 5.57. The highest BCUT2D eigenvalue weighted by Gasteiger charge is 2.26. The highest BCUT2D eigenvalue weighted by Crippen LogP contribution is 2.20. The van der Waals surface area contributed by atoms with Crippen LogP contribution in [0.5, 0.6) is 5.75 Å². The summed E-state index contributed by atoms with van der Waals surface area (Å²) >= 11 is 5.97. The summed E-state index contributed by atoms with van der Waals surface area (Å²) in [5.74, 6) is 1.98. The maximum absolute atomic E-state index is 12.7. The van der Waals surface area contributed by atoms with Crippen molar-refractivity contribution in [3.63, 3.8) is 0 Å². The molecule has 10 heteroatoms. The Morgan fingerprint density at radius 3 is 2.62 bits per heavy atom. The topological polar surface area (TPSA) is 89.3 Å². The lowest BCUT2D eigenvalue weighted by Crippen LogP contribution is -2.52. The summed E-state index contributed by atoms with van der Waals surface area (Å²) in [4.78, 5) is 29.2. The van der Waals surface area contributed by atoms with Crippen LogP contribution in [0.15, 0.2) is 49.3 Å². The first-order chi connectivity index (χ1) is 14.1. The van der Waals surface area contributed by atoms with E-state index >= 15 is 0 Å². The van der Waals surface area contributed by atoms with E-state index in [4.69, 9.17) is 16.3 Å². The molecule has 0 radical (unpaired) electrons. The Balaban J connectivity index is 1.35. The largest absolute Gasteiger partial charge is 0.481 e. The van der Waals surface area contributed by atoms with Crippen molar-refractivity contribution >= 4 is 23.3 Å². The van der Waals surface area contributed by atoms with Crippen molar-refractivity contribution in [1.29, 1.82) is 0 Å².